The van der Waals surface area contributed by atoms with Gasteiger partial charge in [0.2, 0.25) is 5.95 Å². The Hall–Kier alpha value is -1.82. The fourth-order valence-electron chi connectivity index (χ4n) is 1.85. The maximum absolute atomic E-state index is 5.10. The summed E-state index contributed by atoms with van der Waals surface area (Å²) in [4.78, 5) is 4.47. The Balaban J connectivity index is 2.20. The van der Waals surface area contributed by atoms with Crippen LogP contribution in [0.2, 0.25) is 0 Å². The second-order valence-corrected chi connectivity index (χ2v) is 4.32. The van der Waals surface area contributed by atoms with Gasteiger partial charge in [0.15, 0.2) is 0 Å². The van der Waals surface area contributed by atoms with Crippen LogP contribution in [0.15, 0.2) is 12.4 Å². The van der Waals surface area contributed by atoms with E-state index in [1.807, 2.05) is 37.9 Å². The van der Waals surface area contributed by atoms with Gasteiger partial charge < -0.3 is 14.6 Å². The first kappa shape index (κ1) is 12.6. The number of aromatic nitrogens is 4. The normalized spacial score (nSPS) is 10.9. The standard InChI is InChI=1S/C12H19N5O/c1-9-7-17(5-6-18-4)12(13-9)14-11-8-16(3)15-10(11)2/h7-8H,5-6H2,1-4H3,(H,13,14). The van der Waals surface area contributed by atoms with Crippen molar-refractivity contribution in [1.29, 1.82) is 0 Å². The van der Waals surface area contributed by atoms with Gasteiger partial charge in [-0.15, -0.1) is 0 Å². The Bertz CT molecular complexity index is 529. The van der Waals surface area contributed by atoms with E-state index in [0.29, 0.717) is 6.61 Å². The Morgan fingerprint density at radius 3 is 2.72 bits per heavy atom. The topological polar surface area (TPSA) is 56.9 Å². The van der Waals surface area contributed by atoms with Crippen molar-refractivity contribution in [3.8, 4) is 0 Å². The van der Waals surface area contributed by atoms with Crippen molar-refractivity contribution in [3.05, 3.63) is 23.8 Å². The number of nitrogens with zero attached hydrogens (tertiary/aromatic N) is 4. The van der Waals surface area contributed by atoms with Gasteiger partial charge in [0, 0.05) is 33.1 Å². The Kier molecular flexibility index (Phi) is 3.66. The predicted octanol–water partition coefficient (Wildman–Crippen LogP) is 1.62. The quantitative estimate of drug-likeness (QED) is 0.875. The highest BCUT2D eigenvalue weighted by Crippen LogP contribution is 2.18. The van der Waals surface area contributed by atoms with Crippen molar-refractivity contribution in [1.82, 2.24) is 19.3 Å². The fourth-order valence-corrected chi connectivity index (χ4v) is 1.85. The number of aryl methyl sites for hydroxylation is 3. The lowest BCUT2D eigenvalue weighted by Crippen LogP contribution is -2.07. The number of imidazole rings is 1. The molecule has 0 unspecified atom stereocenters. The van der Waals surface area contributed by atoms with Crippen molar-refractivity contribution >= 4 is 11.6 Å². The van der Waals surface area contributed by atoms with Gasteiger partial charge in [-0.25, -0.2) is 4.98 Å². The molecule has 0 aliphatic heterocycles. The highest BCUT2D eigenvalue weighted by molar-refractivity contribution is 5.55. The molecule has 0 saturated heterocycles. The molecule has 18 heavy (non-hydrogen) atoms. The van der Waals surface area contributed by atoms with Gasteiger partial charge in [-0.05, 0) is 13.8 Å². The number of methoxy groups -OCH3 is 1. The van der Waals surface area contributed by atoms with Crippen LogP contribution in [-0.2, 0) is 18.3 Å². The molecule has 6 nitrogen and oxygen atoms in total. The SMILES string of the molecule is COCCn1cc(C)nc1Nc1cn(C)nc1C. The molecule has 0 aromatic carbocycles. The van der Waals surface area contributed by atoms with Crippen LogP contribution in [0.4, 0.5) is 11.6 Å². The van der Waals surface area contributed by atoms with Gasteiger partial charge in [-0.3, -0.25) is 4.68 Å². The van der Waals surface area contributed by atoms with Crippen molar-refractivity contribution in [2.24, 2.45) is 7.05 Å². The van der Waals surface area contributed by atoms with E-state index in [9.17, 15) is 0 Å². The van der Waals surface area contributed by atoms with Crippen LogP contribution in [0.25, 0.3) is 0 Å². The molecule has 6 heteroatoms. The summed E-state index contributed by atoms with van der Waals surface area (Å²) < 4.78 is 8.93. The zero-order valence-corrected chi connectivity index (χ0v) is 11.3. The van der Waals surface area contributed by atoms with Crippen LogP contribution >= 0.6 is 0 Å². The van der Waals surface area contributed by atoms with Gasteiger partial charge in [0.05, 0.1) is 23.7 Å². The van der Waals surface area contributed by atoms with Gasteiger partial charge in [0.1, 0.15) is 0 Å². The summed E-state index contributed by atoms with van der Waals surface area (Å²) in [7, 11) is 3.60. The van der Waals surface area contributed by atoms with Gasteiger partial charge in [-0.2, -0.15) is 5.10 Å². The summed E-state index contributed by atoms with van der Waals surface area (Å²) in [6.45, 7) is 5.39. The molecule has 0 atom stereocenters. The minimum Gasteiger partial charge on any atom is -0.383 e. The van der Waals surface area contributed by atoms with Gasteiger partial charge in [-0.1, -0.05) is 0 Å². The van der Waals surface area contributed by atoms with Crippen LogP contribution in [0.3, 0.4) is 0 Å². The summed E-state index contributed by atoms with van der Waals surface area (Å²) in [5.41, 5.74) is 2.91. The number of ether oxygens (including phenoxy) is 1. The maximum atomic E-state index is 5.10. The maximum Gasteiger partial charge on any atom is 0.207 e. The van der Waals surface area contributed by atoms with E-state index in [1.165, 1.54) is 0 Å². The number of hydrogen-bond donors (Lipinski definition) is 1. The molecule has 0 spiro atoms. The molecule has 0 radical (unpaired) electrons. The highest BCUT2D eigenvalue weighted by Gasteiger charge is 2.09. The average molecular weight is 249 g/mol. The molecule has 0 bridgehead atoms. The molecule has 0 saturated carbocycles. The minimum atomic E-state index is 0.663. The van der Waals surface area contributed by atoms with Crippen LogP contribution < -0.4 is 5.32 Å². The van der Waals surface area contributed by atoms with Crippen molar-refractivity contribution in [3.63, 3.8) is 0 Å². The van der Waals surface area contributed by atoms with Crippen molar-refractivity contribution in [2.45, 2.75) is 20.4 Å². The van der Waals surface area contributed by atoms with Crippen molar-refractivity contribution < 1.29 is 4.74 Å². The zero-order valence-electron chi connectivity index (χ0n) is 11.3. The first-order valence-electron chi connectivity index (χ1n) is 5.90. The van der Waals surface area contributed by atoms with E-state index in [1.54, 1.807) is 11.8 Å². The summed E-state index contributed by atoms with van der Waals surface area (Å²) >= 11 is 0. The molecule has 2 rings (SSSR count). The Labute approximate surface area is 107 Å². The third-order valence-electron chi connectivity index (χ3n) is 2.69. The van der Waals surface area contributed by atoms with Crippen LogP contribution in [0.1, 0.15) is 11.4 Å². The molecular weight excluding hydrogens is 230 g/mol. The Morgan fingerprint density at radius 2 is 2.11 bits per heavy atom. The molecule has 2 aromatic rings. The molecule has 98 valence electrons. The summed E-state index contributed by atoms with van der Waals surface area (Å²) in [6.07, 6.45) is 3.95. The average Bonchev–Trinajstić information content (AvgIpc) is 2.80. The van der Waals surface area contributed by atoms with Crippen LogP contribution in [-0.4, -0.2) is 33.0 Å². The van der Waals surface area contributed by atoms with E-state index in [4.69, 9.17) is 4.74 Å². The first-order valence-corrected chi connectivity index (χ1v) is 5.90. The number of nitrogens with one attached hydrogen (secondary N) is 1. The molecule has 1 N–H and O–H groups in total. The van der Waals surface area contributed by atoms with E-state index in [-0.39, 0.29) is 0 Å². The lowest BCUT2D eigenvalue weighted by molar-refractivity contribution is 0.188. The molecule has 0 amide bonds. The third kappa shape index (κ3) is 2.70. The van der Waals surface area contributed by atoms with E-state index >= 15 is 0 Å². The predicted molar refractivity (Wildman–Crippen MR) is 70.1 cm³/mol. The smallest absolute Gasteiger partial charge is 0.207 e. The van der Waals surface area contributed by atoms with Gasteiger partial charge in [0.25, 0.3) is 0 Å². The monoisotopic (exact) mass is 249 g/mol. The number of rotatable bonds is 5. The largest absolute Gasteiger partial charge is 0.383 e. The molecule has 2 heterocycles. The molecule has 0 aliphatic carbocycles. The van der Waals surface area contributed by atoms with E-state index in [2.05, 4.69) is 15.4 Å². The number of anilines is 2. The lowest BCUT2D eigenvalue weighted by atomic mass is 10.4. The second kappa shape index (κ2) is 5.22. The molecule has 0 fully saturated rings. The fraction of sp³-hybridized carbons (Fsp3) is 0.500. The molecule has 2 aromatic heterocycles. The van der Waals surface area contributed by atoms with E-state index < -0.39 is 0 Å². The van der Waals surface area contributed by atoms with E-state index in [0.717, 1.165) is 29.6 Å². The second-order valence-electron chi connectivity index (χ2n) is 4.32. The van der Waals surface area contributed by atoms with Gasteiger partial charge >= 0.3 is 0 Å². The Morgan fingerprint density at radius 1 is 1.33 bits per heavy atom. The first-order chi connectivity index (χ1) is 8.60. The lowest BCUT2D eigenvalue weighted by Gasteiger charge is -2.08. The van der Waals surface area contributed by atoms with Crippen LogP contribution in [0.5, 0.6) is 0 Å². The third-order valence-corrected chi connectivity index (χ3v) is 2.69. The minimum absolute atomic E-state index is 0.663. The summed E-state index contributed by atoms with van der Waals surface area (Å²) in [5.74, 6) is 0.820. The molecular formula is C12H19N5O. The number of hydrogen-bond acceptors (Lipinski definition) is 4. The zero-order chi connectivity index (χ0) is 13.1. The summed E-state index contributed by atoms with van der Waals surface area (Å²) in [5, 5.41) is 7.60. The highest BCUT2D eigenvalue weighted by atomic mass is 16.5. The molecule has 0 aliphatic rings. The summed E-state index contributed by atoms with van der Waals surface area (Å²) in [6, 6.07) is 0. The van der Waals surface area contributed by atoms with Crippen molar-refractivity contribution in [2.75, 3.05) is 19.0 Å². The van der Waals surface area contributed by atoms with Crippen LogP contribution in [0, 0.1) is 13.8 Å².